The van der Waals surface area contributed by atoms with Gasteiger partial charge in [0.15, 0.2) is 6.73 Å². The predicted molar refractivity (Wildman–Crippen MR) is 110 cm³/mol. The third-order valence-electron chi connectivity index (χ3n) is 4.84. The molecule has 2 heterocycles. The zero-order valence-electron chi connectivity index (χ0n) is 16.6. The van der Waals surface area contributed by atoms with Gasteiger partial charge in [-0.2, -0.15) is 5.10 Å². The number of amides is 1. The van der Waals surface area contributed by atoms with Gasteiger partial charge in [0, 0.05) is 18.7 Å². The van der Waals surface area contributed by atoms with Gasteiger partial charge in [0.25, 0.3) is 5.91 Å². The minimum Gasteiger partial charge on any atom is -0.471 e. The molecule has 0 saturated carbocycles. The molecule has 1 aliphatic heterocycles. The Kier molecular flexibility index (Phi) is 5.59. The Hall–Kier alpha value is -3.16. The molecule has 150 valence electrons. The highest BCUT2D eigenvalue weighted by Crippen LogP contribution is 2.21. The molecule has 0 radical (unpaired) electrons. The summed E-state index contributed by atoms with van der Waals surface area (Å²) >= 11 is 0. The Bertz CT molecular complexity index is 966. The molecule has 1 fully saturated rings. The lowest BCUT2D eigenvalue weighted by molar-refractivity contribution is 0.0925. The third kappa shape index (κ3) is 4.82. The lowest BCUT2D eigenvalue weighted by Crippen LogP contribution is -2.44. The molecule has 0 spiro atoms. The second kappa shape index (κ2) is 8.46. The molecule has 7 nitrogen and oxygen atoms in total. The molecule has 1 saturated heterocycles. The molecule has 3 aromatic rings. The summed E-state index contributed by atoms with van der Waals surface area (Å²) in [4.78, 5) is 12.5. The largest absolute Gasteiger partial charge is 0.471 e. The summed E-state index contributed by atoms with van der Waals surface area (Å²) in [5.41, 5.74) is 10.2. The molecule has 29 heavy (non-hydrogen) atoms. The van der Waals surface area contributed by atoms with Crippen molar-refractivity contribution >= 4 is 5.91 Å². The fourth-order valence-electron chi connectivity index (χ4n) is 3.50. The second-order valence-electron chi connectivity index (χ2n) is 7.35. The first-order valence-electron chi connectivity index (χ1n) is 9.68. The van der Waals surface area contributed by atoms with Crippen LogP contribution in [-0.4, -0.2) is 21.9 Å². The van der Waals surface area contributed by atoms with Crippen molar-refractivity contribution in [1.29, 1.82) is 0 Å². The van der Waals surface area contributed by atoms with Crippen molar-refractivity contribution in [1.82, 2.24) is 25.9 Å². The van der Waals surface area contributed by atoms with Crippen LogP contribution in [0.15, 0.2) is 60.8 Å². The van der Waals surface area contributed by atoms with Gasteiger partial charge in [-0.1, -0.05) is 36.4 Å². The molecule has 1 amide bonds. The van der Waals surface area contributed by atoms with Gasteiger partial charge in [0.2, 0.25) is 0 Å². The number of hydrazine groups is 1. The van der Waals surface area contributed by atoms with E-state index in [1.807, 2.05) is 44.2 Å². The number of ether oxygens (including phenoxy) is 1. The van der Waals surface area contributed by atoms with Crippen molar-refractivity contribution in [2.24, 2.45) is 0 Å². The van der Waals surface area contributed by atoms with E-state index in [4.69, 9.17) is 4.74 Å². The number of benzene rings is 2. The number of nitrogens with zero attached hydrogens (tertiary/aromatic N) is 2. The highest BCUT2D eigenvalue weighted by Gasteiger charge is 2.26. The van der Waals surface area contributed by atoms with Gasteiger partial charge in [0.05, 0.1) is 6.17 Å². The SMILES string of the molecule is Cc1cc(C)cc(OCn2ccc(C(=O)NC3CC(c4ccccc4)NN3)n2)c1. The van der Waals surface area contributed by atoms with Gasteiger partial charge < -0.3 is 10.1 Å². The van der Waals surface area contributed by atoms with Crippen LogP contribution in [0, 0.1) is 13.8 Å². The zero-order chi connectivity index (χ0) is 20.2. The third-order valence-corrected chi connectivity index (χ3v) is 4.84. The second-order valence-corrected chi connectivity index (χ2v) is 7.35. The summed E-state index contributed by atoms with van der Waals surface area (Å²) in [6, 6.07) is 18.1. The molecule has 1 aromatic heterocycles. The van der Waals surface area contributed by atoms with Gasteiger partial charge >= 0.3 is 0 Å². The number of hydrogen-bond donors (Lipinski definition) is 3. The minimum absolute atomic E-state index is 0.158. The van der Waals surface area contributed by atoms with Crippen LogP contribution in [0.2, 0.25) is 0 Å². The predicted octanol–water partition coefficient (Wildman–Crippen LogP) is 2.83. The van der Waals surface area contributed by atoms with E-state index in [2.05, 4.69) is 39.5 Å². The van der Waals surface area contributed by atoms with E-state index in [1.54, 1.807) is 16.9 Å². The lowest BCUT2D eigenvalue weighted by atomic mass is 10.0. The average molecular weight is 391 g/mol. The number of carbonyl (C=O) groups excluding carboxylic acids is 1. The van der Waals surface area contributed by atoms with Crippen LogP contribution in [0.25, 0.3) is 0 Å². The highest BCUT2D eigenvalue weighted by molar-refractivity contribution is 5.92. The maximum atomic E-state index is 12.5. The first-order chi connectivity index (χ1) is 14.1. The van der Waals surface area contributed by atoms with E-state index < -0.39 is 0 Å². The van der Waals surface area contributed by atoms with Crippen molar-refractivity contribution in [3.8, 4) is 5.75 Å². The van der Waals surface area contributed by atoms with Crippen LogP contribution in [0.1, 0.15) is 39.6 Å². The van der Waals surface area contributed by atoms with Crippen LogP contribution >= 0.6 is 0 Å². The molecule has 4 rings (SSSR count). The van der Waals surface area contributed by atoms with Crippen molar-refractivity contribution in [2.75, 3.05) is 0 Å². The monoisotopic (exact) mass is 391 g/mol. The molecule has 0 aliphatic carbocycles. The Balaban J connectivity index is 1.30. The smallest absolute Gasteiger partial charge is 0.273 e. The molecular formula is C22H25N5O2. The van der Waals surface area contributed by atoms with E-state index in [1.165, 1.54) is 5.56 Å². The molecule has 2 aromatic carbocycles. The van der Waals surface area contributed by atoms with E-state index >= 15 is 0 Å². The maximum absolute atomic E-state index is 12.5. The summed E-state index contributed by atoms with van der Waals surface area (Å²) in [5.74, 6) is 0.570. The van der Waals surface area contributed by atoms with E-state index in [0.29, 0.717) is 5.69 Å². The number of aryl methyl sites for hydroxylation is 2. The van der Waals surface area contributed by atoms with E-state index in [-0.39, 0.29) is 24.8 Å². The maximum Gasteiger partial charge on any atom is 0.273 e. The molecule has 2 unspecified atom stereocenters. The summed E-state index contributed by atoms with van der Waals surface area (Å²) in [7, 11) is 0. The quantitative estimate of drug-likeness (QED) is 0.602. The number of hydrogen-bond acceptors (Lipinski definition) is 5. The summed E-state index contributed by atoms with van der Waals surface area (Å²) < 4.78 is 7.40. The van der Waals surface area contributed by atoms with Crippen LogP contribution in [0.4, 0.5) is 0 Å². The normalized spacial score (nSPS) is 18.6. The Labute approximate surface area is 170 Å². The van der Waals surface area contributed by atoms with Crippen LogP contribution in [0.3, 0.4) is 0 Å². The number of rotatable bonds is 6. The number of carbonyl (C=O) groups is 1. The van der Waals surface area contributed by atoms with Gasteiger partial charge in [-0.25, -0.2) is 15.5 Å². The fraction of sp³-hybridized carbons (Fsp3) is 0.273. The van der Waals surface area contributed by atoms with Crippen molar-refractivity contribution < 1.29 is 9.53 Å². The first-order valence-corrected chi connectivity index (χ1v) is 9.68. The molecule has 0 bridgehead atoms. The van der Waals surface area contributed by atoms with Crippen molar-refractivity contribution in [2.45, 2.75) is 39.2 Å². The zero-order valence-corrected chi connectivity index (χ0v) is 16.6. The van der Waals surface area contributed by atoms with E-state index in [9.17, 15) is 4.79 Å². The molecular weight excluding hydrogens is 366 g/mol. The number of nitrogens with one attached hydrogen (secondary N) is 3. The lowest BCUT2D eigenvalue weighted by Gasteiger charge is -2.11. The van der Waals surface area contributed by atoms with E-state index in [0.717, 1.165) is 23.3 Å². The molecule has 7 heteroatoms. The van der Waals surface area contributed by atoms with Crippen molar-refractivity contribution in [3.63, 3.8) is 0 Å². The summed E-state index contributed by atoms with van der Waals surface area (Å²) in [5, 5.41) is 7.29. The Morgan fingerprint density at radius 1 is 1.14 bits per heavy atom. The summed E-state index contributed by atoms with van der Waals surface area (Å²) in [6.07, 6.45) is 2.33. The first kappa shape index (κ1) is 19.2. The topological polar surface area (TPSA) is 80.2 Å². The van der Waals surface area contributed by atoms with Gasteiger partial charge in [-0.3, -0.25) is 4.79 Å². The van der Waals surface area contributed by atoms with Gasteiger partial charge in [0.1, 0.15) is 11.4 Å². The fourth-order valence-corrected chi connectivity index (χ4v) is 3.50. The molecule has 1 aliphatic rings. The standard InChI is InChI=1S/C22H25N5O2/c1-15-10-16(2)12-18(11-15)29-14-27-9-8-19(26-27)22(28)23-21-13-20(24-25-21)17-6-4-3-5-7-17/h3-12,20-21,24-25H,13-14H2,1-2H3,(H,23,28). The van der Waals surface area contributed by atoms with Gasteiger partial charge in [-0.15, -0.1) is 0 Å². The average Bonchev–Trinajstić information content (AvgIpc) is 3.36. The van der Waals surface area contributed by atoms with Crippen LogP contribution in [-0.2, 0) is 6.73 Å². The summed E-state index contributed by atoms with van der Waals surface area (Å²) in [6.45, 7) is 4.31. The Morgan fingerprint density at radius 3 is 2.66 bits per heavy atom. The Morgan fingerprint density at radius 2 is 1.90 bits per heavy atom. The highest BCUT2D eigenvalue weighted by atomic mass is 16.5. The van der Waals surface area contributed by atoms with Gasteiger partial charge in [-0.05, 0) is 48.7 Å². The van der Waals surface area contributed by atoms with Crippen LogP contribution < -0.4 is 20.9 Å². The number of aromatic nitrogens is 2. The molecule has 2 atom stereocenters. The molecule has 3 N–H and O–H groups in total. The minimum atomic E-state index is -0.219. The van der Waals surface area contributed by atoms with Crippen LogP contribution in [0.5, 0.6) is 5.75 Å². The van der Waals surface area contributed by atoms with Crippen molar-refractivity contribution in [3.05, 3.63) is 83.2 Å².